The molecule has 1 amide bonds. The summed E-state index contributed by atoms with van der Waals surface area (Å²) < 4.78 is 0. The van der Waals surface area contributed by atoms with Crippen LogP contribution < -0.4 is 5.32 Å². The first-order valence-corrected chi connectivity index (χ1v) is 7.75. The lowest BCUT2D eigenvalue weighted by atomic mass is 9.79. The molecule has 1 unspecified atom stereocenters. The number of ketones is 2. The monoisotopic (exact) mass is 309 g/mol. The van der Waals surface area contributed by atoms with Crippen LogP contribution in [0.3, 0.4) is 0 Å². The van der Waals surface area contributed by atoms with E-state index < -0.39 is 11.5 Å². The molecule has 4 nitrogen and oxygen atoms in total. The van der Waals surface area contributed by atoms with Crippen LogP contribution in [0.4, 0.5) is 0 Å². The predicted molar refractivity (Wildman–Crippen MR) is 87.2 cm³/mol. The summed E-state index contributed by atoms with van der Waals surface area (Å²) >= 11 is 0. The highest BCUT2D eigenvalue weighted by Crippen LogP contribution is 2.40. The van der Waals surface area contributed by atoms with Gasteiger partial charge in [0.1, 0.15) is 0 Å². The Labute approximate surface area is 135 Å². The van der Waals surface area contributed by atoms with Crippen LogP contribution in [-0.4, -0.2) is 23.0 Å². The number of benzene rings is 1. The lowest BCUT2D eigenvalue weighted by Crippen LogP contribution is -2.60. The third kappa shape index (κ3) is 2.17. The summed E-state index contributed by atoms with van der Waals surface area (Å²) in [7, 11) is 0. The standard InChI is InChI=1S/C19H19NO3/c1-11(2)13-8-9-14(10-13)19(20-12(3)21)17(22)15-6-4-5-7-16(15)18(19)23/h4-11,14H,1-3H3,(H,20,21). The van der Waals surface area contributed by atoms with Gasteiger partial charge in [0.2, 0.25) is 5.91 Å². The van der Waals surface area contributed by atoms with Crippen molar-refractivity contribution in [3.05, 3.63) is 59.2 Å². The molecule has 0 bridgehead atoms. The average molecular weight is 309 g/mol. The maximum absolute atomic E-state index is 13.0. The predicted octanol–water partition coefficient (Wildman–Crippen LogP) is 2.71. The Morgan fingerprint density at radius 3 is 2.13 bits per heavy atom. The Hall–Kier alpha value is -2.49. The van der Waals surface area contributed by atoms with Gasteiger partial charge in [0.15, 0.2) is 17.1 Å². The zero-order valence-electron chi connectivity index (χ0n) is 13.4. The quantitative estimate of drug-likeness (QED) is 0.873. The fourth-order valence-corrected chi connectivity index (χ4v) is 3.37. The van der Waals surface area contributed by atoms with Crippen LogP contribution in [0.15, 0.2) is 48.1 Å². The molecule has 2 aliphatic rings. The van der Waals surface area contributed by atoms with Crippen molar-refractivity contribution in [2.24, 2.45) is 11.8 Å². The van der Waals surface area contributed by atoms with Gasteiger partial charge in [-0.1, -0.05) is 56.3 Å². The van der Waals surface area contributed by atoms with E-state index in [0.717, 1.165) is 5.57 Å². The van der Waals surface area contributed by atoms with Gasteiger partial charge in [0, 0.05) is 24.0 Å². The average Bonchev–Trinajstić information content (AvgIpc) is 3.07. The number of carbonyl (C=O) groups is 3. The SMILES string of the molecule is CC(=O)NC1(C2C=CC(C(C)C)=C2)C(=O)c2ccccc2C1=O. The minimum absolute atomic E-state index is 0.291. The molecule has 0 saturated heterocycles. The van der Waals surface area contributed by atoms with Crippen molar-refractivity contribution in [3.63, 3.8) is 0 Å². The Morgan fingerprint density at radius 2 is 1.70 bits per heavy atom. The first kappa shape index (κ1) is 15.4. The van der Waals surface area contributed by atoms with Crippen LogP contribution >= 0.6 is 0 Å². The van der Waals surface area contributed by atoms with Crippen LogP contribution in [0.1, 0.15) is 41.5 Å². The van der Waals surface area contributed by atoms with E-state index in [1.165, 1.54) is 6.92 Å². The summed E-state index contributed by atoms with van der Waals surface area (Å²) in [5.74, 6) is -1.22. The van der Waals surface area contributed by atoms with E-state index in [1.807, 2.05) is 18.2 Å². The molecule has 1 aromatic carbocycles. The third-order valence-corrected chi connectivity index (χ3v) is 4.54. The van der Waals surface area contributed by atoms with Crippen LogP contribution in [0, 0.1) is 11.8 Å². The van der Waals surface area contributed by atoms with Crippen molar-refractivity contribution in [2.75, 3.05) is 0 Å². The summed E-state index contributed by atoms with van der Waals surface area (Å²) in [6.07, 6.45) is 5.69. The topological polar surface area (TPSA) is 63.2 Å². The number of fused-ring (bicyclic) bond motifs is 1. The third-order valence-electron chi connectivity index (χ3n) is 4.54. The zero-order valence-corrected chi connectivity index (χ0v) is 13.4. The van der Waals surface area contributed by atoms with E-state index >= 15 is 0 Å². The highest BCUT2D eigenvalue weighted by atomic mass is 16.2. The second kappa shape index (κ2) is 5.30. The first-order chi connectivity index (χ1) is 10.9. The van der Waals surface area contributed by atoms with E-state index in [-0.39, 0.29) is 17.5 Å². The van der Waals surface area contributed by atoms with Crippen LogP contribution in [-0.2, 0) is 4.79 Å². The van der Waals surface area contributed by atoms with E-state index in [1.54, 1.807) is 24.3 Å². The highest BCUT2D eigenvalue weighted by Gasteiger charge is 2.57. The first-order valence-electron chi connectivity index (χ1n) is 7.75. The number of hydrogen-bond acceptors (Lipinski definition) is 3. The van der Waals surface area contributed by atoms with Gasteiger partial charge in [-0.15, -0.1) is 0 Å². The fourth-order valence-electron chi connectivity index (χ4n) is 3.37. The molecule has 0 fully saturated rings. The Kier molecular flexibility index (Phi) is 3.55. The molecule has 118 valence electrons. The van der Waals surface area contributed by atoms with Crippen molar-refractivity contribution in [1.29, 1.82) is 0 Å². The fraction of sp³-hybridized carbons (Fsp3) is 0.316. The molecule has 0 saturated carbocycles. The lowest BCUT2D eigenvalue weighted by molar-refractivity contribution is -0.120. The largest absolute Gasteiger partial charge is 0.336 e. The lowest BCUT2D eigenvalue weighted by Gasteiger charge is -2.31. The number of carbonyl (C=O) groups excluding carboxylic acids is 3. The molecule has 3 rings (SSSR count). The smallest absolute Gasteiger partial charge is 0.218 e. The molecule has 1 N–H and O–H groups in total. The number of amides is 1. The van der Waals surface area contributed by atoms with Gasteiger partial charge in [0.05, 0.1) is 0 Å². The molecule has 1 atom stereocenters. The second-order valence-electron chi connectivity index (χ2n) is 6.40. The van der Waals surface area contributed by atoms with Gasteiger partial charge in [-0.25, -0.2) is 0 Å². The summed E-state index contributed by atoms with van der Waals surface area (Å²) in [6.45, 7) is 5.43. The van der Waals surface area contributed by atoms with E-state index in [9.17, 15) is 14.4 Å². The van der Waals surface area contributed by atoms with Gasteiger partial charge in [-0.2, -0.15) is 0 Å². The number of nitrogens with one attached hydrogen (secondary N) is 1. The van der Waals surface area contributed by atoms with Crippen molar-refractivity contribution in [3.8, 4) is 0 Å². The second-order valence-corrected chi connectivity index (χ2v) is 6.40. The van der Waals surface area contributed by atoms with Gasteiger partial charge < -0.3 is 5.32 Å². The minimum Gasteiger partial charge on any atom is -0.336 e. The molecule has 0 radical (unpaired) electrons. The summed E-state index contributed by atoms with van der Waals surface area (Å²) in [5.41, 5.74) is 0.274. The zero-order chi connectivity index (χ0) is 16.8. The van der Waals surface area contributed by atoms with E-state index in [2.05, 4.69) is 19.2 Å². The van der Waals surface area contributed by atoms with Crippen LogP contribution in [0.2, 0.25) is 0 Å². The molecule has 0 aromatic heterocycles. The summed E-state index contributed by atoms with van der Waals surface area (Å²) in [6, 6.07) is 6.75. The van der Waals surface area contributed by atoms with Crippen molar-refractivity contribution >= 4 is 17.5 Å². The molecule has 0 aliphatic heterocycles. The molecule has 0 spiro atoms. The van der Waals surface area contributed by atoms with Gasteiger partial charge >= 0.3 is 0 Å². The summed E-state index contributed by atoms with van der Waals surface area (Å²) in [4.78, 5) is 37.8. The van der Waals surface area contributed by atoms with Gasteiger partial charge in [0.25, 0.3) is 0 Å². The molecule has 2 aliphatic carbocycles. The normalized spacial score (nSPS) is 21.6. The van der Waals surface area contributed by atoms with Crippen molar-refractivity contribution < 1.29 is 14.4 Å². The van der Waals surface area contributed by atoms with Crippen molar-refractivity contribution in [2.45, 2.75) is 26.3 Å². The number of Topliss-reactive ketones (excluding diaryl/α,β-unsaturated/α-hetero) is 2. The van der Waals surface area contributed by atoms with Crippen LogP contribution in [0.5, 0.6) is 0 Å². The summed E-state index contributed by atoms with van der Waals surface area (Å²) in [5, 5.41) is 2.67. The Morgan fingerprint density at radius 1 is 1.13 bits per heavy atom. The molecular weight excluding hydrogens is 290 g/mol. The Balaban J connectivity index is 2.14. The van der Waals surface area contributed by atoms with Gasteiger partial charge in [-0.05, 0) is 11.5 Å². The molecule has 4 heteroatoms. The maximum Gasteiger partial charge on any atom is 0.218 e. The number of rotatable bonds is 3. The molecule has 1 aromatic rings. The molecule has 23 heavy (non-hydrogen) atoms. The highest BCUT2D eigenvalue weighted by molar-refractivity contribution is 6.34. The molecule has 0 heterocycles. The van der Waals surface area contributed by atoms with Crippen molar-refractivity contribution in [1.82, 2.24) is 5.32 Å². The van der Waals surface area contributed by atoms with E-state index in [4.69, 9.17) is 0 Å². The van der Waals surface area contributed by atoms with E-state index in [0.29, 0.717) is 17.0 Å². The maximum atomic E-state index is 13.0. The van der Waals surface area contributed by atoms with Gasteiger partial charge in [-0.3, -0.25) is 14.4 Å². The Bertz CT molecular complexity index is 736. The minimum atomic E-state index is -1.55. The number of hydrogen-bond donors (Lipinski definition) is 1. The van der Waals surface area contributed by atoms with Crippen LogP contribution in [0.25, 0.3) is 0 Å². The molecular formula is C19H19NO3. The number of allylic oxidation sites excluding steroid dienone is 2.